The van der Waals surface area contributed by atoms with Crippen molar-refractivity contribution < 1.29 is 35.3 Å². The summed E-state index contributed by atoms with van der Waals surface area (Å²) < 4.78 is 0. The molecule has 0 heterocycles. The van der Waals surface area contributed by atoms with Crippen LogP contribution < -0.4 is 10.4 Å². The maximum absolute atomic E-state index is 10.6. The summed E-state index contributed by atoms with van der Waals surface area (Å²) in [5.74, 6) is -2.13. The lowest BCUT2D eigenvalue weighted by molar-refractivity contribution is -0.694. The van der Waals surface area contributed by atoms with Crippen LogP contribution in [-0.2, 0) is 22.4 Å². The van der Waals surface area contributed by atoms with Crippen molar-refractivity contribution in [1.82, 2.24) is 0 Å². The van der Waals surface area contributed by atoms with Crippen LogP contribution in [-0.4, -0.2) is 39.8 Å². The smallest absolute Gasteiger partial charge is 0.328 e. The number of aliphatic hydroxyl groups excluding tert-OH is 1. The Morgan fingerprint density at radius 3 is 2.00 bits per heavy atom. The van der Waals surface area contributed by atoms with E-state index in [0.29, 0.717) is 18.1 Å². The number of quaternary nitrogens is 1. The van der Waals surface area contributed by atoms with E-state index in [1.165, 1.54) is 22.3 Å². The Bertz CT molecular complexity index is 1170. The third-order valence-corrected chi connectivity index (χ3v) is 6.85. The molecule has 2 unspecified atom stereocenters. The number of aromatic hydroxyl groups is 1. The predicted octanol–water partition coefficient (Wildman–Crippen LogP) is 2.47. The van der Waals surface area contributed by atoms with Crippen molar-refractivity contribution in [2.45, 2.75) is 50.7 Å². The highest BCUT2D eigenvalue weighted by Crippen LogP contribution is 2.36. The monoisotopic (exact) mass is 517 g/mol. The third kappa shape index (κ3) is 8.30. The standard InChI is InChI=1S/C27H31NO2.C4H4O4/c1-19(27(30)22-14-16-23(29)17-15-22)28-18-6-11-26-24-9-4-2-7-20(24)12-13-21-8-3-5-10-25(21)26;5-3(6)1-2-4(7)8/h2-5,7-10,14-17,19,26-30H,6,11-13,18H2,1H3;1-2H,(H,5,6)(H,7,8)/b;2-1+. The van der Waals surface area contributed by atoms with Gasteiger partial charge in [-0.05, 0) is 78.6 Å². The second kappa shape index (κ2) is 14.1. The van der Waals surface area contributed by atoms with E-state index in [1.54, 1.807) is 24.3 Å². The average Bonchev–Trinajstić information content (AvgIpc) is 3.07. The van der Waals surface area contributed by atoms with Crippen LogP contribution in [0.5, 0.6) is 5.75 Å². The number of benzene rings is 3. The fourth-order valence-electron chi connectivity index (χ4n) is 4.90. The number of aliphatic carboxylic acids is 2. The molecular weight excluding hydrogens is 482 g/mol. The number of carboxylic acid groups (broad SMARTS) is 2. The van der Waals surface area contributed by atoms with E-state index in [0.717, 1.165) is 37.8 Å². The van der Waals surface area contributed by atoms with E-state index < -0.39 is 18.0 Å². The molecule has 0 aliphatic heterocycles. The number of hydrogen-bond donors (Lipinski definition) is 4. The summed E-state index contributed by atoms with van der Waals surface area (Å²) in [4.78, 5) is 19.0. The quantitative estimate of drug-likeness (QED) is 0.254. The molecule has 0 amide bonds. The largest absolute Gasteiger partial charge is 0.545 e. The van der Waals surface area contributed by atoms with E-state index in [4.69, 9.17) is 5.11 Å². The van der Waals surface area contributed by atoms with Crippen molar-refractivity contribution in [1.29, 1.82) is 0 Å². The highest BCUT2D eigenvalue weighted by molar-refractivity contribution is 5.88. The van der Waals surface area contributed by atoms with Crippen molar-refractivity contribution >= 4 is 11.9 Å². The lowest BCUT2D eigenvalue weighted by Gasteiger charge is -2.21. The van der Waals surface area contributed by atoms with Gasteiger partial charge in [-0.2, -0.15) is 0 Å². The Labute approximate surface area is 223 Å². The van der Waals surface area contributed by atoms with Gasteiger partial charge in [0.15, 0.2) is 0 Å². The molecule has 0 aromatic heterocycles. The predicted molar refractivity (Wildman–Crippen MR) is 142 cm³/mol. The van der Waals surface area contributed by atoms with Crippen LogP contribution in [0.1, 0.15) is 59.6 Å². The van der Waals surface area contributed by atoms with Crippen molar-refractivity contribution in [3.8, 4) is 5.75 Å². The number of phenolic OH excluding ortho intramolecular Hbond substituents is 1. The number of fused-ring (bicyclic) bond motifs is 2. The summed E-state index contributed by atoms with van der Waals surface area (Å²) in [7, 11) is 0. The molecular formula is C31H35NO6. The van der Waals surface area contributed by atoms with Gasteiger partial charge in [-0.3, -0.25) is 0 Å². The summed E-state index contributed by atoms with van der Waals surface area (Å²) in [5.41, 5.74) is 6.79. The van der Waals surface area contributed by atoms with Crippen LogP contribution in [0.25, 0.3) is 0 Å². The van der Waals surface area contributed by atoms with Gasteiger partial charge in [-0.25, -0.2) is 4.79 Å². The van der Waals surface area contributed by atoms with Gasteiger partial charge >= 0.3 is 5.97 Å². The number of carbonyl (C=O) groups excluding carboxylic acids is 1. The molecule has 38 heavy (non-hydrogen) atoms. The zero-order valence-corrected chi connectivity index (χ0v) is 21.5. The molecule has 7 heteroatoms. The number of phenols is 1. The number of aryl methyl sites for hydroxylation is 2. The average molecular weight is 518 g/mol. The molecule has 7 nitrogen and oxygen atoms in total. The van der Waals surface area contributed by atoms with Crippen molar-refractivity contribution in [3.63, 3.8) is 0 Å². The van der Waals surface area contributed by atoms with Gasteiger partial charge in [0, 0.05) is 12.0 Å². The number of aliphatic hydroxyl groups is 1. The Hall–Kier alpha value is -3.94. The topological polar surface area (TPSA) is 134 Å². The van der Waals surface area contributed by atoms with Gasteiger partial charge in [-0.1, -0.05) is 60.7 Å². The summed E-state index contributed by atoms with van der Waals surface area (Å²) in [6.45, 7) is 3.05. The van der Waals surface area contributed by atoms with E-state index in [1.807, 2.05) is 0 Å². The molecule has 1 aliphatic carbocycles. The molecule has 200 valence electrons. The van der Waals surface area contributed by atoms with Crippen LogP contribution in [0, 0.1) is 0 Å². The Morgan fingerprint density at radius 1 is 0.947 bits per heavy atom. The van der Waals surface area contributed by atoms with Gasteiger partial charge in [0.05, 0.1) is 12.5 Å². The first kappa shape index (κ1) is 28.6. The van der Waals surface area contributed by atoms with Crippen LogP contribution in [0.2, 0.25) is 0 Å². The first-order valence-electron chi connectivity index (χ1n) is 12.8. The highest BCUT2D eigenvalue weighted by Gasteiger charge is 2.24. The number of carbonyl (C=O) groups is 2. The SMILES string of the molecule is CC([NH2+]CCCC1c2ccccc2CCc2ccccc21)C(O)c1ccc(O)cc1.O=C([O-])/C=C/C(=O)O. The molecule has 0 saturated heterocycles. The fraction of sp³-hybridized carbons (Fsp3) is 0.290. The van der Waals surface area contributed by atoms with E-state index >= 15 is 0 Å². The zero-order valence-electron chi connectivity index (χ0n) is 21.5. The second-order valence-electron chi connectivity index (χ2n) is 9.50. The molecule has 0 saturated carbocycles. The molecule has 5 N–H and O–H groups in total. The second-order valence-corrected chi connectivity index (χ2v) is 9.50. The first-order valence-corrected chi connectivity index (χ1v) is 12.8. The van der Waals surface area contributed by atoms with Crippen molar-refractivity contribution in [2.75, 3.05) is 6.54 Å². The van der Waals surface area contributed by atoms with Crippen LogP contribution in [0.15, 0.2) is 84.9 Å². The molecule has 3 aromatic carbocycles. The van der Waals surface area contributed by atoms with Gasteiger partial charge in [0.25, 0.3) is 0 Å². The Balaban J connectivity index is 0.000000436. The lowest BCUT2D eigenvalue weighted by Crippen LogP contribution is -2.90. The molecule has 4 rings (SSSR count). The minimum atomic E-state index is -1.51. The molecule has 0 bridgehead atoms. The van der Waals surface area contributed by atoms with Crippen LogP contribution >= 0.6 is 0 Å². The number of hydrogen-bond acceptors (Lipinski definition) is 5. The minimum Gasteiger partial charge on any atom is -0.545 e. The maximum Gasteiger partial charge on any atom is 0.328 e. The van der Waals surface area contributed by atoms with Gasteiger partial charge in [0.1, 0.15) is 17.9 Å². The van der Waals surface area contributed by atoms with E-state index in [-0.39, 0.29) is 11.8 Å². The van der Waals surface area contributed by atoms with Crippen LogP contribution in [0.4, 0.5) is 0 Å². The van der Waals surface area contributed by atoms with Gasteiger partial charge < -0.3 is 30.5 Å². The van der Waals surface area contributed by atoms with Gasteiger partial charge in [0.2, 0.25) is 0 Å². The fourth-order valence-corrected chi connectivity index (χ4v) is 4.90. The maximum atomic E-state index is 10.6. The summed E-state index contributed by atoms with van der Waals surface area (Å²) in [5, 5.41) is 39.5. The first-order chi connectivity index (χ1) is 18.3. The minimum absolute atomic E-state index is 0.0725. The number of rotatable bonds is 9. The molecule has 3 aromatic rings. The lowest BCUT2D eigenvalue weighted by atomic mass is 9.85. The van der Waals surface area contributed by atoms with Crippen molar-refractivity contribution in [3.05, 3.63) is 113 Å². The number of nitrogens with two attached hydrogens (primary N) is 1. The normalized spacial score (nSPS) is 14.4. The van der Waals surface area contributed by atoms with E-state index in [2.05, 4.69) is 60.8 Å². The van der Waals surface area contributed by atoms with E-state index in [9.17, 15) is 24.9 Å². The Morgan fingerprint density at radius 2 is 1.50 bits per heavy atom. The molecule has 2 atom stereocenters. The third-order valence-electron chi connectivity index (χ3n) is 6.85. The summed E-state index contributed by atoms with van der Waals surface area (Å²) in [6.07, 6.45) is 4.85. The Kier molecular flexibility index (Phi) is 10.6. The zero-order chi connectivity index (χ0) is 27.5. The number of carboxylic acids is 2. The highest BCUT2D eigenvalue weighted by atomic mass is 16.4. The van der Waals surface area contributed by atoms with Crippen molar-refractivity contribution in [2.24, 2.45) is 0 Å². The molecule has 0 radical (unpaired) electrons. The van der Waals surface area contributed by atoms with Crippen LogP contribution in [0.3, 0.4) is 0 Å². The molecule has 0 spiro atoms. The summed E-state index contributed by atoms with van der Waals surface area (Å²) in [6, 6.07) is 24.8. The summed E-state index contributed by atoms with van der Waals surface area (Å²) >= 11 is 0. The molecule has 1 aliphatic rings. The van der Waals surface area contributed by atoms with Gasteiger partial charge in [-0.15, -0.1) is 0 Å². The molecule has 0 fully saturated rings.